The Morgan fingerprint density at radius 3 is 3.00 bits per heavy atom. The monoisotopic (exact) mass is 263 g/mol. The van der Waals surface area contributed by atoms with E-state index in [4.69, 9.17) is 11.6 Å². The van der Waals surface area contributed by atoms with Crippen LogP contribution in [0.4, 0.5) is 0 Å². The van der Waals surface area contributed by atoms with Crippen LogP contribution in [0, 0.1) is 0 Å². The van der Waals surface area contributed by atoms with Gasteiger partial charge in [-0.05, 0) is 6.07 Å². The lowest BCUT2D eigenvalue weighted by Gasteiger charge is -2.04. The number of alkyl halides is 1. The van der Waals surface area contributed by atoms with Crippen molar-refractivity contribution in [2.24, 2.45) is 0 Å². The summed E-state index contributed by atoms with van der Waals surface area (Å²) in [6.07, 6.45) is 1.47. The molecule has 0 aliphatic heterocycles. The Morgan fingerprint density at radius 2 is 2.46 bits per heavy atom. The molecular formula is C8H7BrClNO2. The number of carbonyl (C=O) groups excluding carboxylic acids is 1. The second-order valence-corrected chi connectivity index (χ2v) is 3.21. The van der Waals surface area contributed by atoms with Crippen LogP contribution in [-0.4, -0.2) is 18.1 Å². The molecule has 0 unspecified atom stereocenters. The van der Waals surface area contributed by atoms with Crippen molar-refractivity contribution in [3.05, 3.63) is 28.5 Å². The molecule has 0 N–H and O–H groups in total. The maximum absolute atomic E-state index is 11.2. The lowest BCUT2D eigenvalue weighted by Crippen LogP contribution is -2.07. The predicted octanol–water partition coefficient (Wildman–Crippen LogP) is 2.42. The van der Waals surface area contributed by atoms with Crippen molar-refractivity contribution in [2.75, 3.05) is 7.11 Å². The van der Waals surface area contributed by atoms with Gasteiger partial charge in [-0.3, -0.25) is 0 Å². The summed E-state index contributed by atoms with van der Waals surface area (Å²) in [5.74, 6) is -0.475. The molecular weight excluding hydrogens is 257 g/mol. The lowest BCUT2D eigenvalue weighted by atomic mass is 10.2. The highest BCUT2D eigenvalue weighted by Crippen LogP contribution is 2.21. The minimum Gasteiger partial charge on any atom is -0.464 e. The zero-order valence-electron chi connectivity index (χ0n) is 6.88. The number of carbonyl (C=O) groups is 1. The number of aromatic nitrogens is 1. The van der Waals surface area contributed by atoms with Crippen LogP contribution < -0.4 is 0 Å². The third-order valence-electron chi connectivity index (χ3n) is 1.51. The van der Waals surface area contributed by atoms with Crippen LogP contribution in [0.3, 0.4) is 0 Å². The standard InChI is InChI=1S/C8H7BrClNO2/c1-13-8(12)7-5(4-9)6(10)2-3-11-7/h2-3H,4H2,1H3. The van der Waals surface area contributed by atoms with Gasteiger partial charge in [-0.15, -0.1) is 0 Å². The maximum atomic E-state index is 11.2. The maximum Gasteiger partial charge on any atom is 0.357 e. The minimum absolute atomic E-state index is 0.256. The van der Waals surface area contributed by atoms with Gasteiger partial charge in [0.25, 0.3) is 0 Å². The average molecular weight is 265 g/mol. The average Bonchev–Trinajstić information content (AvgIpc) is 2.16. The number of esters is 1. The van der Waals surface area contributed by atoms with Crippen molar-refractivity contribution in [1.29, 1.82) is 0 Å². The van der Waals surface area contributed by atoms with Crippen LogP contribution in [0.1, 0.15) is 16.1 Å². The van der Waals surface area contributed by atoms with E-state index in [1.165, 1.54) is 13.3 Å². The zero-order chi connectivity index (χ0) is 9.84. The number of halogens is 2. The molecule has 70 valence electrons. The van der Waals surface area contributed by atoms with Crippen molar-refractivity contribution >= 4 is 33.5 Å². The summed E-state index contributed by atoms with van der Waals surface area (Å²) in [4.78, 5) is 15.1. The van der Waals surface area contributed by atoms with E-state index in [2.05, 4.69) is 25.7 Å². The Labute approximate surface area is 89.2 Å². The van der Waals surface area contributed by atoms with Gasteiger partial charge >= 0.3 is 5.97 Å². The van der Waals surface area contributed by atoms with E-state index < -0.39 is 5.97 Å². The van der Waals surface area contributed by atoms with Crippen molar-refractivity contribution in [3.8, 4) is 0 Å². The van der Waals surface area contributed by atoms with Crippen LogP contribution in [0.5, 0.6) is 0 Å². The van der Waals surface area contributed by atoms with Crippen LogP contribution in [0.25, 0.3) is 0 Å². The molecule has 0 fully saturated rings. The summed E-state index contributed by atoms with van der Waals surface area (Å²) in [5.41, 5.74) is 0.905. The molecule has 0 aliphatic rings. The fourth-order valence-electron chi connectivity index (χ4n) is 0.869. The molecule has 0 atom stereocenters. The van der Waals surface area contributed by atoms with E-state index in [-0.39, 0.29) is 5.69 Å². The highest BCUT2D eigenvalue weighted by molar-refractivity contribution is 9.08. The molecule has 1 aromatic rings. The summed E-state index contributed by atoms with van der Waals surface area (Å²) in [5, 5.41) is 0.983. The Bertz CT molecular complexity index is 330. The van der Waals surface area contributed by atoms with Crippen LogP contribution >= 0.6 is 27.5 Å². The fourth-order valence-corrected chi connectivity index (χ4v) is 1.81. The smallest absolute Gasteiger partial charge is 0.357 e. The largest absolute Gasteiger partial charge is 0.464 e. The predicted molar refractivity (Wildman–Crippen MR) is 53.2 cm³/mol. The first kappa shape index (κ1) is 10.5. The summed E-state index contributed by atoms with van der Waals surface area (Å²) >= 11 is 9.08. The first-order valence-electron chi connectivity index (χ1n) is 3.48. The highest BCUT2D eigenvalue weighted by Gasteiger charge is 2.14. The molecule has 0 radical (unpaired) electrons. The number of rotatable bonds is 2. The summed E-state index contributed by atoms with van der Waals surface area (Å²) in [7, 11) is 1.31. The summed E-state index contributed by atoms with van der Waals surface area (Å²) < 4.78 is 4.55. The highest BCUT2D eigenvalue weighted by atomic mass is 79.9. The van der Waals surface area contributed by atoms with Gasteiger partial charge in [0.15, 0.2) is 5.69 Å². The van der Waals surface area contributed by atoms with Gasteiger partial charge in [0, 0.05) is 22.1 Å². The zero-order valence-corrected chi connectivity index (χ0v) is 9.22. The Kier molecular flexibility index (Phi) is 3.69. The minimum atomic E-state index is -0.475. The molecule has 1 aromatic heterocycles. The van der Waals surface area contributed by atoms with Gasteiger partial charge in [-0.25, -0.2) is 9.78 Å². The first-order chi connectivity index (χ1) is 6.20. The summed E-state index contributed by atoms with van der Waals surface area (Å²) in [6.45, 7) is 0. The van der Waals surface area contributed by atoms with Gasteiger partial charge < -0.3 is 4.74 Å². The van der Waals surface area contributed by atoms with Gasteiger partial charge in [-0.1, -0.05) is 27.5 Å². The van der Waals surface area contributed by atoms with Gasteiger partial charge in [0.1, 0.15) is 0 Å². The molecule has 0 saturated heterocycles. The quantitative estimate of drug-likeness (QED) is 0.608. The molecule has 0 spiro atoms. The molecule has 5 heteroatoms. The Morgan fingerprint density at radius 1 is 1.77 bits per heavy atom. The number of methoxy groups -OCH3 is 1. The first-order valence-corrected chi connectivity index (χ1v) is 4.98. The second kappa shape index (κ2) is 4.58. The van der Waals surface area contributed by atoms with Crippen molar-refractivity contribution in [2.45, 2.75) is 5.33 Å². The molecule has 0 aromatic carbocycles. The number of ether oxygens (including phenoxy) is 1. The Hall–Kier alpha value is -0.610. The van der Waals surface area contributed by atoms with E-state index in [1.807, 2.05) is 0 Å². The molecule has 3 nitrogen and oxygen atoms in total. The summed E-state index contributed by atoms with van der Waals surface area (Å²) in [6, 6.07) is 1.63. The molecule has 0 aliphatic carbocycles. The van der Waals surface area contributed by atoms with Crippen LogP contribution in [-0.2, 0) is 10.1 Å². The van der Waals surface area contributed by atoms with Gasteiger partial charge in [0.05, 0.1) is 7.11 Å². The van der Waals surface area contributed by atoms with Crippen molar-refractivity contribution in [3.63, 3.8) is 0 Å². The molecule has 0 saturated carbocycles. The van der Waals surface area contributed by atoms with Gasteiger partial charge in [-0.2, -0.15) is 0 Å². The second-order valence-electron chi connectivity index (χ2n) is 2.25. The number of nitrogens with zero attached hydrogens (tertiary/aromatic N) is 1. The molecule has 13 heavy (non-hydrogen) atoms. The van der Waals surface area contributed by atoms with Crippen LogP contribution in [0.15, 0.2) is 12.3 Å². The molecule has 1 heterocycles. The van der Waals surface area contributed by atoms with Crippen LogP contribution in [0.2, 0.25) is 5.02 Å². The topological polar surface area (TPSA) is 39.2 Å². The molecule has 0 amide bonds. The van der Waals surface area contributed by atoms with Gasteiger partial charge in [0.2, 0.25) is 0 Å². The number of hydrogen-bond acceptors (Lipinski definition) is 3. The van der Waals surface area contributed by atoms with Crippen molar-refractivity contribution in [1.82, 2.24) is 4.98 Å². The third-order valence-corrected chi connectivity index (χ3v) is 2.43. The molecule has 0 bridgehead atoms. The van der Waals surface area contributed by atoms with Crippen molar-refractivity contribution < 1.29 is 9.53 Å². The SMILES string of the molecule is COC(=O)c1nccc(Cl)c1CBr. The fraction of sp³-hybridized carbons (Fsp3) is 0.250. The van der Waals surface area contributed by atoms with E-state index in [0.29, 0.717) is 15.9 Å². The molecule has 1 rings (SSSR count). The third kappa shape index (κ3) is 2.19. The Balaban J connectivity index is 3.20. The van der Waals surface area contributed by atoms with E-state index in [9.17, 15) is 4.79 Å². The number of pyridine rings is 1. The van der Waals surface area contributed by atoms with E-state index in [0.717, 1.165) is 0 Å². The number of hydrogen-bond donors (Lipinski definition) is 0. The normalized spacial score (nSPS) is 9.77. The lowest BCUT2D eigenvalue weighted by molar-refractivity contribution is 0.0593. The van der Waals surface area contributed by atoms with E-state index in [1.54, 1.807) is 6.07 Å². The van der Waals surface area contributed by atoms with E-state index >= 15 is 0 Å².